The van der Waals surface area contributed by atoms with Crippen molar-refractivity contribution in [3.63, 3.8) is 0 Å². The number of rotatable bonds is 3. The van der Waals surface area contributed by atoms with Crippen LogP contribution in [0.2, 0.25) is 0 Å². The third kappa shape index (κ3) is 3.21. The predicted octanol–water partition coefficient (Wildman–Crippen LogP) is 2.09. The van der Waals surface area contributed by atoms with E-state index in [1.54, 1.807) is 0 Å². The first-order valence-corrected chi connectivity index (χ1v) is 4.50. The van der Waals surface area contributed by atoms with Crippen molar-refractivity contribution in [3.8, 4) is 0 Å². The van der Waals surface area contributed by atoms with Gasteiger partial charge in [-0.2, -0.15) is 13.2 Å². The van der Waals surface area contributed by atoms with Crippen LogP contribution in [-0.2, 0) is 6.18 Å². The zero-order valence-corrected chi connectivity index (χ0v) is 7.96. The Kier molecular flexibility index (Phi) is 3.71. The summed E-state index contributed by atoms with van der Waals surface area (Å²) in [6.07, 6.45) is -5.06. The Hall–Kier alpha value is -1.07. The molecule has 0 heterocycles. The molecule has 1 rings (SSSR count). The van der Waals surface area contributed by atoms with E-state index in [0.29, 0.717) is 0 Å². The van der Waals surface area contributed by atoms with Crippen molar-refractivity contribution in [1.82, 2.24) is 0 Å². The van der Waals surface area contributed by atoms with Crippen LogP contribution < -0.4 is 5.73 Å². The van der Waals surface area contributed by atoms with E-state index in [0.717, 1.165) is 12.1 Å². The summed E-state index contributed by atoms with van der Waals surface area (Å²) in [5.74, 6) is 0. The van der Waals surface area contributed by atoms with E-state index in [1.165, 1.54) is 12.1 Å². The molecule has 0 amide bonds. The van der Waals surface area contributed by atoms with Crippen molar-refractivity contribution in [3.05, 3.63) is 35.4 Å². The average molecular weight is 219 g/mol. The highest BCUT2D eigenvalue weighted by atomic mass is 19.4. The topological polar surface area (TPSA) is 46.2 Å². The quantitative estimate of drug-likeness (QED) is 0.817. The summed E-state index contributed by atoms with van der Waals surface area (Å²) < 4.78 is 36.9. The van der Waals surface area contributed by atoms with Crippen molar-refractivity contribution in [1.29, 1.82) is 0 Å². The van der Waals surface area contributed by atoms with Crippen LogP contribution in [0.15, 0.2) is 24.3 Å². The largest absolute Gasteiger partial charge is 0.416 e. The summed E-state index contributed by atoms with van der Waals surface area (Å²) in [5.41, 5.74) is 4.70. The van der Waals surface area contributed by atoms with Gasteiger partial charge in [0, 0.05) is 0 Å². The fourth-order valence-corrected chi connectivity index (χ4v) is 1.25. The van der Waals surface area contributed by atoms with Gasteiger partial charge in [-0.05, 0) is 30.7 Å². The van der Waals surface area contributed by atoms with E-state index in [-0.39, 0.29) is 18.5 Å². The molecule has 15 heavy (non-hydrogen) atoms. The van der Waals surface area contributed by atoms with Crippen LogP contribution in [0.3, 0.4) is 0 Å². The molecular weight excluding hydrogens is 207 g/mol. The first kappa shape index (κ1) is 12.0. The lowest BCUT2D eigenvalue weighted by Gasteiger charge is -2.12. The van der Waals surface area contributed by atoms with Crippen LogP contribution in [0.25, 0.3) is 0 Å². The van der Waals surface area contributed by atoms with E-state index in [9.17, 15) is 18.3 Å². The summed E-state index contributed by atoms with van der Waals surface area (Å²) in [7, 11) is 0. The minimum Gasteiger partial charge on any atom is -0.388 e. The molecule has 0 saturated carbocycles. The van der Waals surface area contributed by atoms with Crippen molar-refractivity contribution in [2.45, 2.75) is 18.7 Å². The third-order valence-corrected chi connectivity index (χ3v) is 2.04. The molecule has 0 unspecified atom stereocenters. The third-order valence-electron chi connectivity index (χ3n) is 2.04. The van der Waals surface area contributed by atoms with Crippen LogP contribution in [0.1, 0.15) is 23.7 Å². The van der Waals surface area contributed by atoms with E-state index < -0.39 is 17.8 Å². The van der Waals surface area contributed by atoms with Gasteiger partial charge in [0.05, 0.1) is 11.7 Å². The predicted molar refractivity (Wildman–Crippen MR) is 50.1 cm³/mol. The van der Waals surface area contributed by atoms with Crippen LogP contribution in [0.4, 0.5) is 13.2 Å². The minimum atomic E-state index is -4.38. The summed E-state index contributed by atoms with van der Waals surface area (Å²) in [4.78, 5) is 0. The van der Waals surface area contributed by atoms with Gasteiger partial charge >= 0.3 is 6.18 Å². The van der Waals surface area contributed by atoms with E-state index in [4.69, 9.17) is 5.73 Å². The average Bonchev–Trinajstić information content (AvgIpc) is 2.17. The fourth-order valence-electron chi connectivity index (χ4n) is 1.25. The molecule has 0 aliphatic rings. The summed E-state index contributed by atoms with van der Waals surface area (Å²) in [6, 6.07) is 4.65. The maximum absolute atomic E-state index is 12.3. The van der Waals surface area contributed by atoms with E-state index >= 15 is 0 Å². The fraction of sp³-hybridized carbons (Fsp3) is 0.400. The molecule has 0 aliphatic heterocycles. The molecule has 0 radical (unpaired) electrons. The Morgan fingerprint density at radius 2 is 2.00 bits per heavy atom. The number of alkyl halides is 3. The van der Waals surface area contributed by atoms with Crippen molar-refractivity contribution in [2.75, 3.05) is 6.54 Å². The summed E-state index contributed by atoms with van der Waals surface area (Å²) in [5, 5.41) is 9.46. The Bertz CT molecular complexity index is 325. The Morgan fingerprint density at radius 1 is 1.33 bits per heavy atom. The molecule has 1 aromatic carbocycles. The molecule has 84 valence electrons. The van der Waals surface area contributed by atoms with Crippen LogP contribution >= 0.6 is 0 Å². The number of benzene rings is 1. The molecule has 5 heteroatoms. The second kappa shape index (κ2) is 4.63. The number of aliphatic hydroxyl groups is 1. The molecule has 1 aromatic rings. The van der Waals surface area contributed by atoms with Gasteiger partial charge in [-0.3, -0.25) is 0 Å². The highest BCUT2D eigenvalue weighted by Gasteiger charge is 2.30. The first-order valence-electron chi connectivity index (χ1n) is 4.50. The van der Waals surface area contributed by atoms with Gasteiger partial charge in [-0.25, -0.2) is 0 Å². The molecule has 0 saturated heterocycles. The number of halogens is 3. The van der Waals surface area contributed by atoms with Gasteiger partial charge in [0.15, 0.2) is 0 Å². The molecule has 0 bridgehead atoms. The monoisotopic (exact) mass is 219 g/mol. The number of aliphatic hydroxyl groups excluding tert-OH is 1. The molecule has 0 aliphatic carbocycles. The normalized spacial score (nSPS) is 13.9. The van der Waals surface area contributed by atoms with E-state index in [1.807, 2.05) is 0 Å². The van der Waals surface area contributed by atoms with Gasteiger partial charge in [0.1, 0.15) is 0 Å². The maximum Gasteiger partial charge on any atom is 0.416 e. The van der Waals surface area contributed by atoms with Gasteiger partial charge in [0.25, 0.3) is 0 Å². The zero-order valence-electron chi connectivity index (χ0n) is 7.96. The second-order valence-corrected chi connectivity index (χ2v) is 3.22. The number of hydrogen-bond acceptors (Lipinski definition) is 2. The number of hydrogen-bond donors (Lipinski definition) is 2. The van der Waals surface area contributed by atoms with Crippen molar-refractivity contribution in [2.24, 2.45) is 5.73 Å². The Balaban J connectivity index is 2.92. The van der Waals surface area contributed by atoms with Gasteiger partial charge in [-0.1, -0.05) is 12.1 Å². The standard InChI is InChI=1S/C10H12F3NO/c11-10(12,13)8-3-1-2-7(6-8)9(15)4-5-14/h1-3,6,9,15H,4-5,14H2/t9-/m1/s1. The van der Waals surface area contributed by atoms with Gasteiger partial charge in [-0.15, -0.1) is 0 Å². The molecule has 3 N–H and O–H groups in total. The Morgan fingerprint density at radius 3 is 2.53 bits per heavy atom. The minimum absolute atomic E-state index is 0.234. The van der Waals surface area contributed by atoms with Gasteiger partial charge in [0.2, 0.25) is 0 Å². The molecule has 0 aromatic heterocycles. The highest BCUT2D eigenvalue weighted by Crippen LogP contribution is 2.31. The summed E-state index contributed by atoms with van der Waals surface area (Å²) >= 11 is 0. The molecular formula is C10H12F3NO. The second-order valence-electron chi connectivity index (χ2n) is 3.22. The SMILES string of the molecule is NCC[C@@H](O)c1cccc(C(F)(F)F)c1. The maximum atomic E-state index is 12.3. The summed E-state index contributed by atoms with van der Waals surface area (Å²) in [6.45, 7) is 0.234. The van der Waals surface area contributed by atoms with E-state index in [2.05, 4.69) is 0 Å². The highest BCUT2D eigenvalue weighted by molar-refractivity contribution is 5.27. The first-order chi connectivity index (χ1) is 6.95. The van der Waals surface area contributed by atoms with Gasteiger partial charge < -0.3 is 10.8 Å². The Labute approximate surface area is 85.5 Å². The molecule has 0 fully saturated rings. The zero-order chi connectivity index (χ0) is 11.5. The number of nitrogens with two attached hydrogens (primary N) is 1. The van der Waals surface area contributed by atoms with Crippen molar-refractivity contribution < 1.29 is 18.3 Å². The molecule has 1 atom stereocenters. The smallest absolute Gasteiger partial charge is 0.388 e. The lowest BCUT2D eigenvalue weighted by Crippen LogP contribution is -2.09. The van der Waals surface area contributed by atoms with Crippen LogP contribution in [0, 0.1) is 0 Å². The lowest BCUT2D eigenvalue weighted by atomic mass is 10.0. The van der Waals surface area contributed by atoms with Crippen LogP contribution in [-0.4, -0.2) is 11.7 Å². The van der Waals surface area contributed by atoms with Crippen molar-refractivity contribution >= 4 is 0 Å². The lowest BCUT2D eigenvalue weighted by molar-refractivity contribution is -0.137. The molecule has 0 spiro atoms. The molecule has 2 nitrogen and oxygen atoms in total. The van der Waals surface area contributed by atoms with Crippen LogP contribution in [0.5, 0.6) is 0 Å².